The van der Waals surface area contributed by atoms with Crippen LogP contribution < -0.4 is 15.4 Å². The van der Waals surface area contributed by atoms with Crippen molar-refractivity contribution in [2.24, 2.45) is 5.92 Å². The minimum Gasteiger partial charge on any atom is -0.481 e. The van der Waals surface area contributed by atoms with Crippen molar-refractivity contribution in [2.45, 2.75) is 37.3 Å². The number of aromatic nitrogens is 2. The smallest absolute Gasteiger partial charge is 0.295 e. The number of hydrogen-bond acceptors (Lipinski definition) is 9. The molecule has 2 aromatic carbocycles. The molecule has 0 saturated heterocycles. The van der Waals surface area contributed by atoms with E-state index in [-0.39, 0.29) is 52.1 Å². The minimum atomic E-state index is -4.08. The first-order valence-corrected chi connectivity index (χ1v) is 15.7. The Balaban J connectivity index is 1.56. The number of ether oxygens (including phenoxy) is 1. The van der Waals surface area contributed by atoms with Crippen molar-refractivity contribution < 1.29 is 27.5 Å². The zero-order valence-electron chi connectivity index (χ0n) is 23.8. The first-order chi connectivity index (χ1) is 20.5. The number of anilines is 1. The summed E-state index contributed by atoms with van der Waals surface area (Å²) >= 11 is 12.2. The molecule has 0 fully saturated rings. The Morgan fingerprint density at radius 2 is 1.79 bits per heavy atom. The second-order valence-electron chi connectivity index (χ2n) is 10.3. The molecule has 2 aromatic heterocycles. The standard InChI is InChI=1S/C29H33Cl2N5O6S/c1-18(2)15-36(43(39,40)20-9-10-23-26(12-20)42-29(32-3)35-23)16-25(37)24(11-19-7-5-4-6-8-19)34-27(38)17-41-28-21(30)13-33-14-22(28)31/h4-10,12-14,18,24-25,37H,11,15-17H2,1-3H3,(H,32,35)(H,34,38). The second kappa shape index (κ2) is 14.4. The van der Waals surface area contributed by atoms with Crippen LogP contribution in [0.5, 0.6) is 5.75 Å². The number of carbonyl (C=O) groups is 1. The lowest BCUT2D eigenvalue weighted by Gasteiger charge is -2.30. The van der Waals surface area contributed by atoms with Crippen LogP contribution in [0.25, 0.3) is 11.1 Å². The monoisotopic (exact) mass is 649 g/mol. The van der Waals surface area contributed by atoms with Gasteiger partial charge in [-0.3, -0.25) is 9.78 Å². The summed E-state index contributed by atoms with van der Waals surface area (Å²) in [6.45, 7) is 3.16. The Morgan fingerprint density at radius 1 is 1.09 bits per heavy atom. The highest BCUT2D eigenvalue weighted by Gasteiger charge is 2.32. The fourth-order valence-electron chi connectivity index (χ4n) is 4.41. The molecular formula is C29H33Cl2N5O6S. The Hall–Kier alpha value is -3.42. The van der Waals surface area contributed by atoms with Crippen LogP contribution in [0, 0.1) is 5.92 Å². The van der Waals surface area contributed by atoms with Crippen LogP contribution in [0.1, 0.15) is 19.4 Å². The largest absolute Gasteiger partial charge is 0.481 e. The summed E-state index contributed by atoms with van der Waals surface area (Å²) in [4.78, 5) is 21.1. The molecule has 4 aromatic rings. The molecule has 1 amide bonds. The van der Waals surface area contributed by atoms with Crippen molar-refractivity contribution in [3.05, 3.63) is 76.5 Å². The number of fused-ring (bicyclic) bond motifs is 1. The summed E-state index contributed by atoms with van der Waals surface area (Å²) in [5.41, 5.74) is 1.64. The van der Waals surface area contributed by atoms with Crippen LogP contribution in [-0.4, -0.2) is 72.6 Å². The molecule has 2 atom stereocenters. The van der Waals surface area contributed by atoms with E-state index >= 15 is 0 Å². The molecule has 2 heterocycles. The van der Waals surface area contributed by atoms with Gasteiger partial charge in [0.2, 0.25) is 10.0 Å². The highest BCUT2D eigenvalue weighted by molar-refractivity contribution is 7.89. The summed E-state index contributed by atoms with van der Waals surface area (Å²) in [6.07, 6.45) is 1.63. The summed E-state index contributed by atoms with van der Waals surface area (Å²) in [6, 6.07) is 13.1. The van der Waals surface area contributed by atoms with Crippen LogP contribution in [0.4, 0.5) is 6.01 Å². The quantitative estimate of drug-likeness (QED) is 0.181. The molecular weight excluding hydrogens is 617 g/mol. The first kappa shape index (κ1) is 32.5. The normalized spacial score (nSPS) is 13.3. The van der Waals surface area contributed by atoms with Crippen LogP contribution in [0.3, 0.4) is 0 Å². The first-order valence-electron chi connectivity index (χ1n) is 13.5. The van der Waals surface area contributed by atoms with Gasteiger partial charge in [-0.15, -0.1) is 0 Å². The molecule has 0 aliphatic carbocycles. The van der Waals surface area contributed by atoms with Gasteiger partial charge in [-0.05, 0) is 30.0 Å². The summed E-state index contributed by atoms with van der Waals surface area (Å²) < 4.78 is 40.0. The number of nitrogens with one attached hydrogen (secondary N) is 2. The fourth-order valence-corrected chi connectivity index (χ4v) is 6.52. The average molecular weight is 651 g/mol. The number of halogens is 2. The Bertz CT molecular complexity index is 1630. The van der Waals surface area contributed by atoms with Gasteiger partial charge in [-0.1, -0.05) is 67.4 Å². The molecule has 11 nitrogen and oxygen atoms in total. The van der Waals surface area contributed by atoms with Gasteiger partial charge in [0.25, 0.3) is 11.9 Å². The molecule has 0 bridgehead atoms. The van der Waals surface area contributed by atoms with E-state index in [0.29, 0.717) is 11.1 Å². The van der Waals surface area contributed by atoms with Gasteiger partial charge < -0.3 is 24.9 Å². The highest BCUT2D eigenvalue weighted by Crippen LogP contribution is 2.31. The molecule has 230 valence electrons. The number of carbonyl (C=O) groups excluding carboxylic acids is 1. The third-order valence-electron chi connectivity index (χ3n) is 6.44. The molecule has 0 spiro atoms. The Morgan fingerprint density at radius 3 is 2.44 bits per heavy atom. The second-order valence-corrected chi connectivity index (χ2v) is 13.0. The van der Waals surface area contributed by atoms with E-state index < -0.39 is 34.7 Å². The summed E-state index contributed by atoms with van der Waals surface area (Å²) in [5.74, 6) is -0.510. The number of benzene rings is 2. The van der Waals surface area contributed by atoms with E-state index in [9.17, 15) is 18.3 Å². The number of aliphatic hydroxyl groups is 1. The SMILES string of the molecule is CNc1nc2ccc(S(=O)(=O)N(CC(C)C)CC(O)C(Cc3ccccc3)NC(=O)COc3c(Cl)cncc3Cl)cc2o1. The summed E-state index contributed by atoms with van der Waals surface area (Å²) in [7, 11) is -2.43. The zero-order valence-corrected chi connectivity index (χ0v) is 26.2. The van der Waals surface area contributed by atoms with E-state index in [1.165, 1.54) is 28.8 Å². The molecule has 0 saturated carbocycles. The van der Waals surface area contributed by atoms with Gasteiger partial charge in [0.15, 0.2) is 17.9 Å². The maximum Gasteiger partial charge on any atom is 0.295 e. The molecule has 3 N–H and O–H groups in total. The van der Waals surface area contributed by atoms with E-state index in [1.807, 2.05) is 44.2 Å². The maximum atomic E-state index is 13.8. The van der Waals surface area contributed by atoms with Gasteiger partial charge in [0.05, 0.1) is 17.0 Å². The lowest BCUT2D eigenvalue weighted by molar-refractivity contribution is -0.124. The van der Waals surface area contributed by atoms with Crippen molar-refractivity contribution in [2.75, 3.05) is 32.1 Å². The molecule has 43 heavy (non-hydrogen) atoms. The molecule has 0 aliphatic heterocycles. The third-order valence-corrected chi connectivity index (χ3v) is 8.80. The lowest BCUT2D eigenvalue weighted by Crippen LogP contribution is -2.52. The number of pyridine rings is 1. The van der Waals surface area contributed by atoms with Crippen molar-refractivity contribution in [3.8, 4) is 5.75 Å². The van der Waals surface area contributed by atoms with Gasteiger partial charge in [0.1, 0.15) is 15.6 Å². The van der Waals surface area contributed by atoms with Crippen LogP contribution in [0.2, 0.25) is 10.0 Å². The van der Waals surface area contributed by atoms with Crippen LogP contribution in [-0.2, 0) is 21.2 Å². The van der Waals surface area contributed by atoms with E-state index in [2.05, 4.69) is 20.6 Å². The summed E-state index contributed by atoms with van der Waals surface area (Å²) in [5, 5.41) is 17.3. The average Bonchev–Trinajstić information content (AvgIpc) is 3.39. The van der Waals surface area contributed by atoms with E-state index in [4.69, 9.17) is 32.4 Å². The number of sulfonamides is 1. The zero-order chi connectivity index (χ0) is 31.1. The lowest BCUT2D eigenvalue weighted by atomic mass is 10.0. The van der Waals surface area contributed by atoms with Crippen LogP contribution in [0.15, 0.2) is 70.2 Å². The number of hydrogen-bond donors (Lipinski definition) is 3. The van der Waals surface area contributed by atoms with Crippen molar-refractivity contribution in [3.63, 3.8) is 0 Å². The van der Waals surface area contributed by atoms with E-state index in [0.717, 1.165) is 5.56 Å². The topological polar surface area (TPSA) is 147 Å². The fraction of sp³-hybridized carbons (Fsp3) is 0.345. The van der Waals surface area contributed by atoms with Gasteiger partial charge >= 0.3 is 0 Å². The van der Waals surface area contributed by atoms with Crippen molar-refractivity contribution >= 4 is 56.2 Å². The molecule has 0 radical (unpaired) electrons. The maximum absolute atomic E-state index is 13.8. The molecule has 4 rings (SSSR count). The third kappa shape index (κ3) is 8.36. The molecule has 14 heteroatoms. The van der Waals surface area contributed by atoms with Gasteiger partial charge in [-0.2, -0.15) is 9.29 Å². The number of amides is 1. The van der Waals surface area contributed by atoms with Crippen molar-refractivity contribution in [1.82, 2.24) is 19.6 Å². The number of aliphatic hydroxyl groups excluding tert-OH is 1. The van der Waals surface area contributed by atoms with Gasteiger partial charge in [0, 0.05) is 38.6 Å². The van der Waals surface area contributed by atoms with E-state index in [1.54, 1.807) is 13.1 Å². The van der Waals surface area contributed by atoms with Crippen molar-refractivity contribution in [1.29, 1.82) is 0 Å². The van der Waals surface area contributed by atoms with Gasteiger partial charge in [-0.25, -0.2) is 8.42 Å². The predicted octanol–water partition coefficient (Wildman–Crippen LogP) is 4.39. The number of nitrogens with zero attached hydrogens (tertiary/aromatic N) is 3. The minimum absolute atomic E-state index is 0.00481. The van der Waals surface area contributed by atoms with Crippen LogP contribution >= 0.6 is 23.2 Å². The Labute approximate surface area is 260 Å². The number of rotatable bonds is 14. The highest BCUT2D eigenvalue weighted by atomic mass is 35.5. The number of oxazole rings is 1. The predicted molar refractivity (Wildman–Crippen MR) is 165 cm³/mol. The molecule has 0 aliphatic rings. The molecule has 2 unspecified atom stereocenters. The Kier molecular flexibility index (Phi) is 10.9.